The smallest absolute Gasteiger partial charge is 0.419 e. The Bertz CT molecular complexity index is 843. The summed E-state index contributed by atoms with van der Waals surface area (Å²) < 4.78 is 10.9. The molecule has 27 heavy (non-hydrogen) atoms. The van der Waals surface area contributed by atoms with E-state index in [9.17, 15) is 9.59 Å². The first kappa shape index (κ1) is 18.8. The fourth-order valence-corrected chi connectivity index (χ4v) is 2.99. The number of anilines is 2. The van der Waals surface area contributed by atoms with Crippen LogP contribution in [0, 0.1) is 0 Å². The molecule has 1 aliphatic heterocycles. The van der Waals surface area contributed by atoms with E-state index >= 15 is 0 Å². The van der Waals surface area contributed by atoms with Crippen molar-refractivity contribution in [3.63, 3.8) is 0 Å². The summed E-state index contributed by atoms with van der Waals surface area (Å²) in [4.78, 5) is 28.1. The summed E-state index contributed by atoms with van der Waals surface area (Å²) >= 11 is 0. The molecule has 0 saturated heterocycles. The SMILES string of the molecule is CN(C(=O)Oc1ccccc1)c1cccc2c1CCN2C(=O)OC(C)(C)C. The summed E-state index contributed by atoms with van der Waals surface area (Å²) in [5.74, 6) is 0.484. The minimum absolute atomic E-state index is 0.382. The number of hydrogen-bond acceptors (Lipinski definition) is 4. The van der Waals surface area contributed by atoms with Crippen molar-refractivity contribution in [2.45, 2.75) is 32.8 Å². The zero-order valence-corrected chi connectivity index (χ0v) is 16.1. The van der Waals surface area contributed by atoms with E-state index in [1.165, 1.54) is 4.90 Å². The molecule has 1 heterocycles. The minimum atomic E-state index is -0.562. The van der Waals surface area contributed by atoms with Crippen LogP contribution in [-0.2, 0) is 11.2 Å². The van der Waals surface area contributed by atoms with Crippen molar-refractivity contribution >= 4 is 23.6 Å². The second-order valence-corrected chi connectivity index (χ2v) is 7.40. The van der Waals surface area contributed by atoms with E-state index in [4.69, 9.17) is 9.47 Å². The standard InChI is InChI=1S/C21H24N2O4/c1-21(2,3)27-20(25)23-14-13-16-17(11-8-12-18(16)23)22(4)19(24)26-15-9-6-5-7-10-15/h5-12H,13-14H2,1-4H3. The summed E-state index contributed by atoms with van der Waals surface area (Å²) in [7, 11) is 1.66. The van der Waals surface area contributed by atoms with Crippen molar-refractivity contribution in [2.24, 2.45) is 0 Å². The molecule has 0 spiro atoms. The topological polar surface area (TPSA) is 59.1 Å². The third-order valence-electron chi connectivity index (χ3n) is 4.20. The van der Waals surface area contributed by atoms with Crippen LogP contribution in [0.25, 0.3) is 0 Å². The highest BCUT2D eigenvalue weighted by atomic mass is 16.6. The second-order valence-electron chi connectivity index (χ2n) is 7.40. The maximum atomic E-state index is 12.5. The molecule has 0 N–H and O–H groups in total. The van der Waals surface area contributed by atoms with E-state index < -0.39 is 11.7 Å². The molecule has 6 heteroatoms. The number of ether oxygens (including phenoxy) is 2. The van der Waals surface area contributed by atoms with Gasteiger partial charge in [0.1, 0.15) is 11.4 Å². The Kier molecular flexibility index (Phi) is 5.08. The lowest BCUT2D eigenvalue weighted by molar-refractivity contribution is 0.0584. The minimum Gasteiger partial charge on any atom is -0.443 e. The molecule has 0 radical (unpaired) electrons. The third-order valence-corrected chi connectivity index (χ3v) is 4.20. The number of nitrogens with zero attached hydrogens (tertiary/aromatic N) is 2. The Morgan fingerprint density at radius 1 is 1.04 bits per heavy atom. The lowest BCUT2D eigenvalue weighted by atomic mass is 10.1. The summed E-state index contributed by atoms with van der Waals surface area (Å²) in [6, 6.07) is 14.5. The summed E-state index contributed by atoms with van der Waals surface area (Å²) in [6.45, 7) is 6.03. The summed E-state index contributed by atoms with van der Waals surface area (Å²) in [5, 5.41) is 0. The van der Waals surface area contributed by atoms with Crippen LogP contribution in [0.1, 0.15) is 26.3 Å². The van der Waals surface area contributed by atoms with Gasteiger partial charge >= 0.3 is 12.2 Å². The lowest BCUT2D eigenvalue weighted by Gasteiger charge is -2.25. The Morgan fingerprint density at radius 3 is 2.41 bits per heavy atom. The molecule has 2 amide bonds. The van der Waals surface area contributed by atoms with Gasteiger partial charge in [0.15, 0.2) is 0 Å². The fraction of sp³-hybridized carbons (Fsp3) is 0.333. The molecule has 142 valence electrons. The van der Waals surface area contributed by atoms with Crippen LogP contribution in [0.15, 0.2) is 48.5 Å². The fourth-order valence-electron chi connectivity index (χ4n) is 2.99. The van der Waals surface area contributed by atoms with E-state index in [0.29, 0.717) is 18.7 Å². The lowest BCUT2D eigenvalue weighted by Crippen LogP contribution is -2.35. The Labute approximate surface area is 159 Å². The van der Waals surface area contributed by atoms with Gasteiger partial charge in [0.2, 0.25) is 0 Å². The van der Waals surface area contributed by atoms with Gasteiger partial charge in [-0.1, -0.05) is 24.3 Å². The molecule has 0 bridgehead atoms. The van der Waals surface area contributed by atoms with Crippen molar-refractivity contribution in [3.8, 4) is 5.75 Å². The van der Waals surface area contributed by atoms with Gasteiger partial charge < -0.3 is 9.47 Å². The van der Waals surface area contributed by atoms with Crippen LogP contribution in [0.5, 0.6) is 5.75 Å². The number of amides is 2. The monoisotopic (exact) mass is 368 g/mol. The highest BCUT2D eigenvalue weighted by molar-refractivity contribution is 5.96. The molecule has 3 rings (SSSR count). The molecule has 1 aliphatic rings. The average molecular weight is 368 g/mol. The zero-order valence-electron chi connectivity index (χ0n) is 16.1. The average Bonchev–Trinajstić information content (AvgIpc) is 3.04. The van der Waals surface area contributed by atoms with Crippen LogP contribution in [0.2, 0.25) is 0 Å². The number of carbonyl (C=O) groups is 2. The van der Waals surface area contributed by atoms with E-state index in [0.717, 1.165) is 16.9 Å². The molecular weight excluding hydrogens is 344 g/mol. The van der Waals surface area contributed by atoms with E-state index in [2.05, 4.69) is 0 Å². The maximum absolute atomic E-state index is 12.5. The molecule has 0 atom stereocenters. The number of fused-ring (bicyclic) bond motifs is 1. The first-order valence-corrected chi connectivity index (χ1v) is 8.89. The highest BCUT2D eigenvalue weighted by Gasteiger charge is 2.31. The van der Waals surface area contributed by atoms with Crippen molar-refractivity contribution in [1.29, 1.82) is 0 Å². The van der Waals surface area contributed by atoms with Crippen LogP contribution in [0.3, 0.4) is 0 Å². The number of para-hydroxylation sites is 1. The Hall–Kier alpha value is -3.02. The van der Waals surface area contributed by atoms with Crippen LogP contribution >= 0.6 is 0 Å². The van der Waals surface area contributed by atoms with Gasteiger partial charge in [-0.05, 0) is 51.5 Å². The first-order valence-electron chi connectivity index (χ1n) is 8.89. The maximum Gasteiger partial charge on any atom is 0.419 e. The number of hydrogen-bond donors (Lipinski definition) is 0. The van der Waals surface area contributed by atoms with E-state index in [1.54, 1.807) is 24.1 Å². The Balaban J connectivity index is 1.81. The molecule has 6 nitrogen and oxygen atoms in total. The largest absolute Gasteiger partial charge is 0.443 e. The van der Waals surface area contributed by atoms with E-state index in [1.807, 2.05) is 57.2 Å². The third kappa shape index (κ3) is 4.22. The van der Waals surface area contributed by atoms with Crippen molar-refractivity contribution in [2.75, 3.05) is 23.4 Å². The van der Waals surface area contributed by atoms with Gasteiger partial charge in [0.25, 0.3) is 0 Å². The van der Waals surface area contributed by atoms with Crippen molar-refractivity contribution in [1.82, 2.24) is 0 Å². The molecule has 2 aromatic rings. The molecule has 0 aromatic heterocycles. The second kappa shape index (κ2) is 7.31. The number of carbonyl (C=O) groups excluding carboxylic acids is 2. The van der Waals surface area contributed by atoms with Gasteiger partial charge in [-0.3, -0.25) is 9.80 Å². The Morgan fingerprint density at radius 2 is 1.74 bits per heavy atom. The number of rotatable bonds is 2. The van der Waals surface area contributed by atoms with Gasteiger partial charge in [-0.25, -0.2) is 9.59 Å². The number of benzene rings is 2. The van der Waals surface area contributed by atoms with Crippen LogP contribution in [-0.4, -0.2) is 31.4 Å². The van der Waals surface area contributed by atoms with Crippen molar-refractivity contribution in [3.05, 3.63) is 54.1 Å². The van der Waals surface area contributed by atoms with Gasteiger partial charge in [-0.15, -0.1) is 0 Å². The normalized spacial score (nSPS) is 13.1. The molecule has 2 aromatic carbocycles. The van der Waals surface area contributed by atoms with Crippen LogP contribution < -0.4 is 14.5 Å². The quantitative estimate of drug-likeness (QED) is 0.776. The first-order chi connectivity index (χ1) is 12.8. The molecule has 0 saturated carbocycles. The van der Waals surface area contributed by atoms with Crippen LogP contribution in [0.4, 0.5) is 21.0 Å². The van der Waals surface area contributed by atoms with Gasteiger partial charge in [0, 0.05) is 19.2 Å². The zero-order chi connectivity index (χ0) is 19.6. The van der Waals surface area contributed by atoms with Crippen molar-refractivity contribution < 1.29 is 19.1 Å². The molecule has 0 fully saturated rings. The summed E-state index contributed by atoms with van der Waals surface area (Å²) in [5.41, 5.74) is 1.85. The highest BCUT2D eigenvalue weighted by Crippen LogP contribution is 2.36. The molecular formula is C21H24N2O4. The van der Waals surface area contributed by atoms with Gasteiger partial charge in [0.05, 0.1) is 11.4 Å². The molecule has 0 aliphatic carbocycles. The predicted octanol–water partition coefficient (Wildman–Crippen LogP) is 4.62. The van der Waals surface area contributed by atoms with E-state index in [-0.39, 0.29) is 6.09 Å². The molecule has 0 unspecified atom stereocenters. The summed E-state index contributed by atoms with van der Waals surface area (Å²) in [6.07, 6.45) is -0.216. The van der Waals surface area contributed by atoms with Gasteiger partial charge in [-0.2, -0.15) is 0 Å². The predicted molar refractivity (Wildman–Crippen MR) is 105 cm³/mol.